The van der Waals surface area contributed by atoms with E-state index in [0.717, 1.165) is 68.1 Å². The fourth-order valence-electron chi connectivity index (χ4n) is 9.93. The van der Waals surface area contributed by atoms with Gasteiger partial charge in [-0.1, -0.05) is 148 Å². The quantitative estimate of drug-likeness (QED) is 0.00799. The van der Waals surface area contributed by atoms with Crippen LogP contribution in [0.1, 0.15) is 196 Å². The maximum atomic E-state index is 14.4. The predicted octanol–water partition coefficient (Wildman–Crippen LogP) is 10.0. The van der Waals surface area contributed by atoms with Crippen molar-refractivity contribution in [2.75, 3.05) is 57.4 Å². The Morgan fingerprint density at radius 3 is 1.73 bits per heavy atom. The number of nitrogens with zero attached hydrogens (tertiary/aromatic N) is 2. The van der Waals surface area contributed by atoms with Crippen molar-refractivity contribution >= 4 is 56.6 Å². The second-order valence-electron chi connectivity index (χ2n) is 20.7. The Labute approximate surface area is 506 Å². The molecule has 2 atom stereocenters. The first-order valence-electron chi connectivity index (χ1n) is 29.8. The van der Waals surface area contributed by atoms with Gasteiger partial charge in [-0.15, -0.1) is 0 Å². The van der Waals surface area contributed by atoms with Gasteiger partial charge in [0.2, 0.25) is 15.4 Å². The molecule has 1 aliphatic heterocycles. The molecule has 2 aliphatic rings. The maximum absolute atomic E-state index is 14.4. The van der Waals surface area contributed by atoms with Gasteiger partial charge in [0, 0.05) is 72.4 Å². The number of carbonyl (C=O) groups is 2. The van der Waals surface area contributed by atoms with Crippen LogP contribution in [0.4, 0.5) is 5.69 Å². The van der Waals surface area contributed by atoms with E-state index in [-0.39, 0.29) is 48.0 Å². The summed E-state index contributed by atoms with van der Waals surface area (Å²) in [7, 11) is -14.8. The molecule has 2 unspecified atom stereocenters. The third-order valence-electron chi connectivity index (χ3n) is 14.5. The van der Waals surface area contributed by atoms with Gasteiger partial charge in [0.25, 0.3) is 0 Å². The molecule has 0 fully saturated rings. The number of carbonyl (C=O) groups excluding carboxylic acids is 2. The zero-order valence-electron chi connectivity index (χ0n) is 49.8. The number of benzene rings is 3. The Morgan fingerprint density at radius 2 is 1.20 bits per heavy atom. The van der Waals surface area contributed by atoms with Crippen molar-refractivity contribution in [3.63, 3.8) is 0 Å². The van der Waals surface area contributed by atoms with Crippen molar-refractivity contribution < 1.29 is 92.9 Å². The Morgan fingerprint density at radius 1 is 0.667 bits per heavy atom. The summed E-state index contributed by atoms with van der Waals surface area (Å²) >= 11 is 0. The fourth-order valence-corrected chi connectivity index (χ4v) is 12.5. The minimum absolute atomic E-state index is 0. The molecule has 17 nitrogen and oxygen atoms in total. The van der Waals surface area contributed by atoms with Crippen LogP contribution in [0, 0.1) is 0 Å². The summed E-state index contributed by atoms with van der Waals surface area (Å²) in [5.74, 6) is -0.648. The van der Waals surface area contributed by atoms with Crippen molar-refractivity contribution in [3.8, 4) is 22.5 Å². The van der Waals surface area contributed by atoms with Crippen molar-refractivity contribution in [1.29, 1.82) is 0 Å². The van der Waals surface area contributed by atoms with Gasteiger partial charge in [-0.05, 0) is 70.9 Å². The van der Waals surface area contributed by atoms with Crippen molar-refractivity contribution in [2.45, 2.75) is 212 Å². The normalized spacial score (nSPS) is 13.0. The van der Waals surface area contributed by atoms with Crippen LogP contribution in [0.25, 0.3) is 33.4 Å². The molecule has 0 radical (unpaired) electrons. The summed E-state index contributed by atoms with van der Waals surface area (Å²) in [5.41, 5.74) is 2.26. The van der Waals surface area contributed by atoms with Gasteiger partial charge in [-0.2, -0.15) is 0 Å². The first-order valence-corrected chi connectivity index (χ1v) is 34.2. The standard InChI is InChI=1S/C60H94N3O14PS2.Na/c1-7-13-15-17-19-21-23-25-27-29-31-33-58(64)73-46-50(76-59(65)34-32-30-28-26-24-22-20-18-16-14-8-2)47-75-78(66,67)74-42-41-61-79(68,69)57-45-51(80(70,71)72)37-40-54(57)60-52-38-35-48(62(9-3)10-4)43-55(52)77-56-44-49(36-39-53(56)60)63(11-5)12-6;/h35-40,43-45,50,61H,7-34,41-42,46-47H2,1-6H3,(H-,66,67,70,71,72);/q;+1. The molecule has 2 N–H and O–H groups in total. The van der Waals surface area contributed by atoms with E-state index >= 15 is 0 Å². The van der Waals surface area contributed by atoms with Crippen LogP contribution in [0.3, 0.4) is 0 Å². The number of unbranched alkanes of at least 4 members (excludes halogenated alkanes) is 20. The van der Waals surface area contributed by atoms with E-state index in [4.69, 9.17) is 22.9 Å². The maximum Gasteiger partial charge on any atom is 1.00 e. The Kier molecular flexibility index (Phi) is 34.4. The second-order valence-corrected chi connectivity index (χ2v) is 25.2. The molecule has 1 aliphatic carbocycles. The van der Waals surface area contributed by atoms with Crippen LogP contribution in [-0.2, 0) is 52.8 Å². The number of rotatable bonds is 43. The average molecular weight is 1200 g/mol. The van der Waals surface area contributed by atoms with Crippen LogP contribution < -0.4 is 49.1 Å². The molecule has 21 heteroatoms. The largest absolute Gasteiger partial charge is 1.00 e. The Balaban J connectivity index is 0.0000172. The molecule has 450 valence electrons. The third-order valence-corrected chi connectivity index (χ3v) is 17.8. The van der Waals surface area contributed by atoms with Crippen molar-refractivity contribution in [3.05, 3.63) is 60.0 Å². The van der Waals surface area contributed by atoms with Crippen LogP contribution in [0.5, 0.6) is 0 Å². The first-order chi connectivity index (χ1) is 38.4. The molecule has 0 saturated carbocycles. The topological polar surface area (TPSA) is 231 Å². The molecular weight excluding hydrogens is 1100 g/mol. The fraction of sp³-hybridized carbons (Fsp3) is 0.650. The van der Waals surface area contributed by atoms with Crippen molar-refractivity contribution in [2.24, 2.45) is 0 Å². The zero-order chi connectivity index (χ0) is 58.4. The Hall–Kier alpha value is -3.20. The summed E-state index contributed by atoms with van der Waals surface area (Å²) in [4.78, 5) is 37.4. The average Bonchev–Trinajstić information content (AvgIpc) is 3.57. The predicted molar refractivity (Wildman–Crippen MR) is 316 cm³/mol. The van der Waals surface area contributed by atoms with Gasteiger partial charge >= 0.3 is 49.3 Å². The minimum atomic E-state index is -5.15. The van der Waals surface area contributed by atoms with E-state index in [2.05, 4.69) is 28.0 Å². The number of esters is 2. The molecule has 0 spiro atoms. The third kappa shape index (κ3) is 25.5. The van der Waals surface area contributed by atoms with Gasteiger partial charge in [-0.3, -0.25) is 18.6 Å². The number of hydrogen-bond donors (Lipinski definition) is 2. The van der Waals surface area contributed by atoms with E-state index in [9.17, 15) is 40.4 Å². The molecule has 0 aromatic heterocycles. The van der Waals surface area contributed by atoms with Crippen LogP contribution in [-0.4, -0.2) is 96.9 Å². The molecule has 1 heterocycles. The van der Waals surface area contributed by atoms with Crippen LogP contribution in [0.2, 0.25) is 0 Å². The number of ether oxygens (including phenoxy) is 2. The number of nitrogens with one attached hydrogen (secondary N) is 1. The van der Waals surface area contributed by atoms with Crippen LogP contribution in [0.15, 0.2) is 68.8 Å². The smallest absolute Gasteiger partial charge is 0.744 e. The van der Waals surface area contributed by atoms with Gasteiger partial charge in [-0.25, -0.2) is 30.7 Å². The number of phosphoric ester groups is 1. The van der Waals surface area contributed by atoms with E-state index in [1.165, 1.54) is 89.5 Å². The zero-order valence-corrected chi connectivity index (χ0v) is 54.3. The monoisotopic (exact) mass is 1200 g/mol. The summed E-state index contributed by atoms with van der Waals surface area (Å²) in [6, 6.07) is 14.2. The minimum Gasteiger partial charge on any atom is -0.744 e. The van der Waals surface area contributed by atoms with E-state index in [1.54, 1.807) is 0 Å². The molecular formula is C60H94N3NaO14PS2+. The SMILES string of the molecule is CCCCCCCCCCCCCC(=O)OCC(COP(=O)(O)OCCNS(=O)(=O)c1cc(S(=O)(=O)[O-])ccc1-c1c2ccc(=[N+](CC)CC)cc-2oc2cc(N(CC)CC)ccc12)OC(=O)CCCCCCCCCCCCC.[Na+]. The molecule has 0 bridgehead atoms. The van der Waals surface area contributed by atoms with Gasteiger partial charge < -0.3 is 28.2 Å². The Bertz CT molecular complexity index is 2820. The van der Waals surface area contributed by atoms with E-state index < -0.39 is 82.2 Å². The first kappa shape index (κ1) is 72.1. The molecule has 0 saturated heterocycles. The van der Waals surface area contributed by atoms with Gasteiger partial charge in [0.1, 0.15) is 41.2 Å². The van der Waals surface area contributed by atoms with E-state index in [1.807, 2.05) is 64.1 Å². The van der Waals surface area contributed by atoms with Gasteiger partial charge in [0.05, 0.1) is 29.1 Å². The number of phosphoric acid groups is 1. The number of fused-ring (bicyclic) bond motifs is 2. The molecule has 0 amide bonds. The van der Waals surface area contributed by atoms with Crippen LogP contribution >= 0.6 is 7.82 Å². The summed E-state index contributed by atoms with van der Waals surface area (Å²) in [5, 5.41) is 1.38. The summed E-state index contributed by atoms with van der Waals surface area (Å²) in [6.45, 7) is 12.9. The molecule has 81 heavy (non-hydrogen) atoms. The number of hydrogen-bond acceptors (Lipinski definition) is 14. The van der Waals surface area contributed by atoms with Crippen molar-refractivity contribution in [1.82, 2.24) is 9.30 Å². The summed E-state index contributed by atoms with van der Waals surface area (Å²) < 4.78 is 112. The number of anilines is 1. The number of sulfonamides is 1. The molecule has 2 aromatic rings. The summed E-state index contributed by atoms with van der Waals surface area (Å²) in [6.07, 6.45) is 23.4. The molecule has 4 rings (SSSR count). The second kappa shape index (κ2) is 38.7. The molecule has 2 aromatic carbocycles. The van der Waals surface area contributed by atoms with Gasteiger partial charge in [0.15, 0.2) is 6.10 Å². The van der Waals surface area contributed by atoms with E-state index in [0.29, 0.717) is 66.9 Å².